The number of nitrogens with zero attached hydrogens (tertiary/aromatic N) is 1. The Morgan fingerprint density at radius 3 is 2.25 bits per heavy atom. The smallest absolute Gasteiger partial charge is 0.287 e. The highest BCUT2D eigenvalue weighted by Crippen LogP contribution is 2.18. The molecule has 28 heavy (non-hydrogen) atoms. The van der Waals surface area contributed by atoms with Gasteiger partial charge in [-0.05, 0) is 48.5 Å². The van der Waals surface area contributed by atoms with E-state index in [1.807, 2.05) is 36.4 Å². The number of hydrogen-bond donors (Lipinski definition) is 3. The van der Waals surface area contributed by atoms with Crippen LogP contribution in [0.5, 0.6) is 5.75 Å². The standard InChI is InChI=1S/C22H16ClN3O2/c23-17-9-5-14(6-10-17)21(15-7-11-18(27)12-8-15)25-26-22(28)20-13-16-3-1-2-4-19(16)24-20/h1-13,24,27H,(H,26,28). The van der Waals surface area contributed by atoms with Gasteiger partial charge in [-0.3, -0.25) is 4.79 Å². The number of halogens is 1. The second-order valence-corrected chi connectivity index (χ2v) is 6.66. The van der Waals surface area contributed by atoms with Crippen LogP contribution >= 0.6 is 11.6 Å². The number of phenols is 1. The number of H-pyrrole nitrogens is 1. The molecule has 1 amide bonds. The zero-order chi connectivity index (χ0) is 19.5. The summed E-state index contributed by atoms with van der Waals surface area (Å²) in [6.07, 6.45) is 0. The van der Waals surface area contributed by atoms with Crippen LogP contribution in [-0.4, -0.2) is 21.7 Å². The maximum absolute atomic E-state index is 12.6. The van der Waals surface area contributed by atoms with E-state index < -0.39 is 0 Å². The lowest BCUT2D eigenvalue weighted by atomic mass is 10.0. The van der Waals surface area contributed by atoms with Crippen LogP contribution in [0.25, 0.3) is 10.9 Å². The minimum Gasteiger partial charge on any atom is -0.508 e. The van der Waals surface area contributed by atoms with Crippen molar-refractivity contribution in [3.8, 4) is 5.75 Å². The number of carbonyl (C=O) groups is 1. The lowest BCUT2D eigenvalue weighted by molar-refractivity contribution is 0.0951. The van der Waals surface area contributed by atoms with Gasteiger partial charge in [0.05, 0.1) is 5.71 Å². The molecule has 3 N–H and O–H groups in total. The van der Waals surface area contributed by atoms with Gasteiger partial charge in [0.2, 0.25) is 0 Å². The summed E-state index contributed by atoms with van der Waals surface area (Å²) in [4.78, 5) is 15.7. The molecule has 0 aliphatic heterocycles. The molecule has 0 aliphatic rings. The van der Waals surface area contributed by atoms with E-state index in [1.165, 1.54) is 0 Å². The topological polar surface area (TPSA) is 77.5 Å². The average Bonchev–Trinajstić information content (AvgIpc) is 3.15. The molecule has 0 fully saturated rings. The molecule has 4 aromatic rings. The fourth-order valence-electron chi connectivity index (χ4n) is 2.89. The van der Waals surface area contributed by atoms with Crippen molar-refractivity contribution < 1.29 is 9.90 Å². The highest BCUT2D eigenvalue weighted by atomic mass is 35.5. The van der Waals surface area contributed by atoms with Crippen LogP contribution in [0.2, 0.25) is 5.02 Å². The fraction of sp³-hybridized carbons (Fsp3) is 0. The van der Waals surface area contributed by atoms with Crippen molar-refractivity contribution >= 4 is 34.1 Å². The molecule has 5 nitrogen and oxygen atoms in total. The molecule has 1 heterocycles. The molecule has 138 valence electrons. The monoisotopic (exact) mass is 389 g/mol. The fourth-order valence-corrected chi connectivity index (χ4v) is 3.01. The van der Waals surface area contributed by atoms with Crippen LogP contribution in [-0.2, 0) is 0 Å². The van der Waals surface area contributed by atoms with Crippen molar-refractivity contribution in [1.29, 1.82) is 0 Å². The average molecular weight is 390 g/mol. The van der Waals surface area contributed by atoms with Crippen molar-refractivity contribution in [3.05, 3.63) is 101 Å². The summed E-state index contributed by atoms with van der Waals surface area (Å²) in [5, 5.41) is 15.5. The highest BCUT2D eigenvalue weighted by Gasteiger charge is 2.12. The summed E-state index contributed by atoms with van der Waals surface area (Å²) in [6, 6.07) is 23.2. The predicted octanol–water partition coefficient (Wildman–Crippen LogP) is 4.71. The Hall–Kier alpha value is -3.57. The van der Waals surface area contributed by atoms with Crippen molar-refractivity contribution in [2.75, 3.05) is 0 Å². The number of carbonyl (C=O) groups excluding carboxylic acids is 1. The van der Waals surface area contributed by atoms with E-state index >= 15 is 0 Å². The number of rotatable bonds is 4. The first kappa shape index (κ1) is 17.8. The largest absolute Gasteiger partial charge is 0.508 e. The van der Waals surface area contributed by atoms with Gasteiger partial charge in [-0.15, -0.1) is 0 Å². The second kappa shape index (κ2) is 7.58. The quantitative estimate of drug-likeness (QED) is 0.349. The van der Waals surface area contributed by atoms with Crippen LogP contribution in [0.4, 0.5) is 0 Å². The molecule has 0 atom stereocenters. The Morgan fingerprint density at radius 1 is 0.929 bits per heavy atom. The Balaban J connectivity index is 1.67. The summed E-state index contributed by atoms with van der Waals surface area (Å²) in [7, 11) is 0. The normalized spacial score (nSPS) is 11.5. The third-order valence-corrected chi connectivity index (χ3v) is 4.55. The van der Waals surface area contributed by atoms with Crippen LogP contribution in [0.1, 0.15) is 21.6 Å². The molecule has 0 aliphatic carbocycles. The van der Waals surface area contributed by atoms with Crippen LogP contribution in [0.15, 0.2) is 84.0 Å². The number of amides is 1. The first-order chi connectivity index (χ1) is 13.6. The van der Waals surface area contributed by atoms with Crippen LogP contribution in [0.3, 0.4) is 0 Å². The van der Waals surface area contributed by atoms with Crippen molar-refractivity contribution in [3.63, 3.8) is 0 Å². The van der Waals surface area contributed by atoms with Gasteiger partial charge in [0.15, 0.2) is 0 Å². The van der Waals surface area contributed by atoms with Gasteiger partial charge in [0.1, 0.15) is 11.4 Å². The molecule has 0 radical (unpaired) electrons. The van der Waals surface area contributed by atoms with E-state index in [9.17, 15) is 9.90 Å². The first-order valence-electron chi connectivity index (χ1n) is 8.61. The summed E-state index contributed by atoms with van der Waals surface area (Å²) >= 11 is 5.98. The van der Waals surface area contributed by atoms with E-state index in [2.05, 4.69) is 15.5 Å². The number of hydrazone groups is 1. The molecular weight excluding hydrogens is 374 g/mol. The Labute approximate surface area is 166 Å². The van der Waals surface area contributed by atoms with E-state index in [4.69, 9.17) is 11.6 Å². The molecule has 3 aromatic carbocycles. The molecule has 0 saturated carbocycles. The molecule has 1 aromatic heterocycles. The van der Waals surface area contributed by atoms with Crippen molar-refractivity contribution in [1.82, 2.24) is 10.4 Å². The third kappa shape index (κ3) is 3.75. The number of aromatic amines is 1. The van der Waals surface area contributed by atoms with Gasteiger partial charge >= 0.3 is 0 Å². The van der Waals surface area contributed by atoms with Gasteiger partial charge in [-0.25, -0.2) is 5.43 Å². The molecule has 0 saturated heterocycles. The van der Waals surface area contributed by atoms with Crippen LogP contribution in [0, 0.1) is 0 Å². The number of para-hydroxylation sites is 1. The first-order valence-corrected chi connectivity index (χ1v) is 8.99. The third-order valence-electron chi connectivity index (χ3n) is 4.30. The summed E-state index contributed by atoms with van der Waals surface area (Å²) in [6.45, 7) is 0. The minimum atomic E-state index is -0.346. The number of nitrogens with one attached hydrogen (secondary N) is 2. The van der Waals surface area contributed by atoms with Crippen LogP contribution < -0.4 is 5.43 Å². The van der Waals surface area contributed by atoms with E-state index in [-0.39, 0.29) is 11.7 Å². The summed E-state index contributed by atoms with van der Waals surface area (Å²) in [5.41, 5.74) is 6.00. The van der Waals surface area contributed by atoms with Gasteiger partial charge in [-0.2, -0.15) is 5.10 Å². The molecule has 0 unspecified atom stereocenters. The van der Waals surface area contributed by atoms with E-state index in [0.717, 1.165) is 22.0 Å². The Kier molecular flexibility index (Phi) is 4.83. The molecule has 0 bridgehead atoms. The number of hydrogen-bond acceptors (Lipinski definition) is 3. The molecule has 4 rings (SSSR count). The number of benzene rings is 3. The number of aromatic hydroxyl groups is 1. The lowest BCUT2D eigenvalue weighted by Crippen LogP contribution is -2.21. The SMILES string of the molecule is O=C(NN=C(c1ccc(O)cc1)c1ccc(Cl)cc1)c1cc2ccccc2[nH]1. The van der Waals surface area contributed by atoms with Gasteiger partial charge < -0.3 is 10.1 Å². The van der Waals surface area contributed by atoms with Gasteiger partial charge in [-0.1, -0.05) is 41.9 Å². The Bertz CT molecular complexity index is 1080. The number of fused-ring (bicyclic) bond motifs is 1. The number of phenolic OH excluding ortho intramolecular Hbond substituents is 1. The second-order valence-electron chi connectivity index (χ2n) is 6.23. The molecule has 0 spiro atoms. The lowest BCUT2D eigenvalue weighted by Gasteiger charge is -2.08. The van der Waals surface area contributed by atoms with Gasteiger partial charge in [0.25, 0.3) is 5.91 Å². The zero-order valence-electron chi connectivity index (χ0n) is 14.7. The molecular formula is C22H16ClN3O2. The Morgan fingerprint density at radius 2 is 1.57 bits per heavy atom. The summed E-state index contributed by atoms with van der Waals surface area (Å²) in [5.74, 6) is -0.192. The van der Waals surface area contributed by atoms with Gasteiger partial charge in [0, 0.05) is 27.1 Å². The van der Waals surface area contributed by atoms with E-state index in [1.54, 1.807) is 42.5 Å². The van der Waals surface area contributed by atoms with E-state index in [0.29, 0.717) is 16.4 Å². The predicted molar refractivity (Wildman–Crippen MR) is 111 cm³/mol. The van der Waals surface area contributed by atoms with Crippen molar-refractivity contribution in [2.45, 2.75) is 0 Å². The maximum Gasteiger partial charge on any atom is 0.287 e. The summed E-state index contributed by atoms with van der Waals surface area (Å²) < 4.78 is 0. The highest BCUT2D eigenvalue weighted by molar-refractivity contribution is 6.30. The zero-order valence-corrected chi connectivity index (χ0v) is 15.4. The maximum atomic E-state index is 12.6. The minimum absolute atomic E-state index is 0.154. The number of aromatic nitrogens is 1. The van der Waals surface area contributed by atoms with Crippen molar-refractivity contribution in [2.24, 2.45) is 5.10 Å². The molecule has 6 heteroatoms.